The quantitative estimate of drug-likeness (QED) is 0.676. The summed E-state index contributed by atoms with van der Waals surface area (Å²) in [4.78, 5) is 17.0. The predicted octanol–water partition coefficient (Wildman–Crippen LogP) is 3.53. The molecule has 0 radical (unpaired) electrons. The van der Waals surface area contributed by atoms with E-state index in [2.05, 4.69) is 22.5 Å². The van der Waals surface area contributed by atoms with Crippen molar-refractivity contribution in [1.29, 1.82) is 5.26 Å². The normalized spacial score (nSPS) is 10.9. The number of hydrogen-bond donors (Lipinski definition) is 0. The van der Waals surface area contributed by atoms with E-state index in [1.165, 1.54) is 0 Å². The third-order valence-electron chi connectivity index (χ3n) is 4.22. The van der Waals surface area contributed by atoms with Gasteiger partial charge in [-0.25, -0.2) is 4.98 Å². The summed E-state index contributed by atoms with van der Waals surface area (Å²) < 4.78 is 3.71. The molecule has 1 aromatic carbocycles. The van der Waals surface area contributed by atoms with Gasteiger partial charge in [0, 0.05) is 30.1 Å². The molecule has 0 amide bonds. The largest absolute Gasteiger partial charge is 0.315 e. The standard InChI is InChI=1S/C19H20N4O/c1-3-4-5-10-22-14(2)11-18(24)23-13-17(21-19(22)23)16-8-6-15(12-20)7-9-16/h6-9,11,13H,3-5,10H2,1-2H3. The molecule has 0 bridgehead atoms. The molecule has 5 heteroatoms. The van der Waals surface area contributed by atoms with Crippen molar-refractivity contribution in [2.75, 3.05) is 0 Å². The Morgan fingerprint density at radius 3 is 2.62 bits per heavy atom. The number of aryl methyl sites for hydroxylation is 2. The van der Waals surface area contributed by atoms with Crippen molar-refractivity contribution < 1.29 is 0 Å². The smallest absolute Gasteiger partial charge is 0.259 e. The van der Waals surface area contributed by atoms with Crippen LogP contribution in [0.5, 0.6) is 0 Å². The molecule has 0 aliphatic heterocycles. The molecule has 122 valence electrons. The van der Waals surface area contributed by atoms with Gasteiger partial charge in [-0.1, -0.05) is 31.9 Å². The summed E-state index contributed by atoms with van der Waals surface area (Å²) in [5, 5.41) is 8.91. The van der Waals surface area contributed by atoms with Crippen LogP contribution in [-0.2, 0) is 6.54 Å². The number of benzene rings is 1. The van der Waals surface area contributed by atoms with Crippen molar-refractivity contribution in [2.45, 2.75) is 39.7 Å². The van der Waals surface area contributed by atoms with Crippen LogP contribution in [0, 0.1) is 18.3 Å². The van der Waals surface area contributed by atoms with Crippen LogP contribution in [-0.4, -0.2) is 14.0 Å². The van der Waals surface area contributed by atoms with Crippen LogP contribution < -0.4 is 5.56 Å². The number of hydrogen-bond acceptors (Lipinski definition) is 3. The van der Waals surface area contributed by atoms with E-state index < -0.39 is 0 Å². The Morgan fingerprint density at radius 1 is 1.21 bits per heavy atom. The van der Waals surface area contributed by atoms with Crippen molar-refractivity contribution in [3.63, 3.8) is 0 Å². The summed E-state index contributed by atoms with van der Waals surface area (Å²) in [6.07, 6.45) is 5.14. The van der Waals surface area contributed by atoms with Crippen LogP contribution in [0.2, 0.25) is 0 Å². The minimum Gasteiger partial charge on any atom is -0.315 e. The Morgan fingerprint density at radius 2 is 1.96 bits per heavy atom. The Balaban J connectivity index is 2.08. The Hall–Kier alpha value is -2.87. The lowest BCUT2D eigenvalue weighted by molar-refractivity contribution is 0.590. The first-order valence-corrected chi connectivity index (χ1v) is 8.24. The molecular formula is C19H20N4O. The van der Waals surface area contributed by atoms with Gasteiger partial charge >= 0.3 is 0 Å². The molecule has 2 aromatic heterocycles. The zero-order valence-corrected chi connectivity index (χ0v) is 14.0. The molecule has 0 aliphatic rings. The highest BCUT2D eigenvalue weighted by molar-refractivity contribution is 5.62. The molecular weight excluding hydrogens is 300 g/mol. The maximum Gasteiger partial charge on any atom is 0.259 e. The fourth-order valence-corrected chi connectivity index (χ4v) is 2.86. The molecule has 0 spiro atoms. The Kier molecular flexibility index (Phi) is 4.48. The Labute approximate surface area is 140 Å². The number of rotatable bonds is 5. The van der Waals surface area contributed by atoms with E-state index >= 15 is 0 Å². The molecule has 0 unspecified atom stereocenters. The minimum atomic E-state index is -0.0679. The summed E-state index contributed by atoms with van der Waals surface area (Å²) in [6, 6.07) is 11.0. The number of unbranched alkanes of at least 4 members (excludes halogenated alkanes) is 2. The van der Waals surface area contributed by atoms with Crippen molar-refractivity contribution in [3.05, 3.63) is 58.1 Å². The van der Waals surface area contributed by atoms with Gasteiger partial charge in [0.2, 0.25) is 5.78 Å². The van der Waals surface area contributed by atoms with Crippen LogP contribution in [0.1, 0.15) is 37.4 Å². The van der Waals surface area contributed by atoms with Crippen LogP contribution in [0.25, 0.3) is 17.0 Å². The van der Waals surface area contributed by atoms with Gasteiger partial charge in [0.25, 0.3) is 5.56 Å². The number of fused-ring (bicyclic) bond motifs is 1. The highest BCUT2D eigenvalue weighted by atomic mass is 16.1. The minimum absolute atomic E-state index is 0.0679. The number of nitriles is 1. The van der Waals surface area contributed by atoms with Gasteiger partial charge in [-0.05, 0) is 25.5 Å². The molecule has 0 saturated carbocycles. The van der Waals surface area contributed by atoms with Crippen LogP contribution >= 0.6 is 0 Å². The van der Waals surface area contributed by atoms with Crippen molar-refractivity contribution >= 4 is 5.78 Å². The number of aromatic nitrogens is 3. The highest BCUT2D eigenvalue weighted by Crippen LogP contribution is 2.19. The van der Waals surface area contributed by atoms with Gasteiger partial charge in [0.05, 0.1) is 17.3 Å². The molecule has 5 nitrogen and oxygen atoms in total. The van der Waals surface area contributed by atoms with Crippen molar-refractivity contribution in [3.8, 4) is 17.3 Å². The van der Waals surface area contributed by atoms with E-state index in [1.807, 2.05) is 19.1 Å². The van der Waals surface area contributed by atoms with E-state index in [-0.39, 0.29) is 5.56 Å². The predicted molar refractivity (Wildman–Crippen MR) is 93.9 cm³/mol. The number of nitrogens with zero attached hydrogens (tertiary/aromatic N) is 4. The molecule has 0 N–H and O–H groups in total. The monoisotopic (exact) mass is 320 g/mol. The molecule has 0 fully saturated rings. The maximum absolute atomic E-state index is 12.3. The van der Waals surface area contributed by atoms with Gasteiger partial charge in [-0.2, -0.15) is 5.26 Å². The summed E-state index contributed by atoms with van der Waals surface area (Å²) in [6.45, 7) is 4.98. The highest BCUT2D eigenvalue weighted by Gasteiger charge is 2.11. The van der Waals surface area contributed by atoms with Gasteiger partial charge in [-0.3, -0.25) is 9.20 Å². The zero-order chi connectivity index (χ0) is 17.1. The maximum atomic E-state index is 12.3. The second-order valence-electron chi connectivity index (χ2n) is 5.97. The lowest BCUT2D eigenvalue weighted by Crippen LogP contribution is -2.18. The Bertz CT molecular complexity index is 958. The number of imidazole rings is 1. The van der Waals surface area contributed by atoms with E-state index in [9.17, 15) is 4.79 Å². The SMILES string of the molecule is CCCCCn1c(C)cc(=O)n2cc(-c3ccc(C#N)cc3)nc12. The summed E-state index contributed by atoms with van der Waals surface area (Å²) >= 11 is 0. The molecule has 0 aliphatic carbocycles. The van der Waals surface area contributed by atoms with Crippen molar-refractivity contribution in [2.24, 2.45) is 0 Å². The zero-order valence-electron chi connectivity index (χ0n) is 14.0. The lowest BCUT2D eigenvalue weighted by Gasteiger charge is -2.11. The first-order valence-electron chi connectivity index (χ1n) is 8.24. The first-order chi connectivity index (χ1) is 11.6. The average Bonchev–Trinajstić information content (AvgIpc) is 3.03. The molecule has 2 heterocycles. The van der Waals surface area contributed by atoms with Crippen LogP contribution in [0.4, 0.5) is 0 Å². The topological polar surface area (TPSA) is 63.1 Å². The lowest BCUT2D eigenvalue weighted by atomic mass is 10.1. The molecule has 3 aromatic rings. The second-order valence-corrected chi connectivity index (χ2v) is 5.97. The van der Waals surface area contributed by atoms with Gasteiger partial charge in [0.1, 0.15) is 0 Å². The van der Waals surface area contributed by atoms with E-state index in [1.54, 1.807) is 28.8 Å². The fraction of sp³-hybridized carbons (Fsp3) is 0.316. The van der Waals surface area contributed by atoms with Gasteiger partial charge < -0.3 is 4.57 Å². The third kappa shape index (κ3) is 2.95. The van der Waals surface area contributed by atoms with Gasteiger partial charge in [-0.15, -0.1) is 0 Å². The average molecular weight is 320 g/mol. The summed E-state index contributed by atoms with van der Waals surface area (Å²) in [5.41, 5.74) is 3.11. The molecule has 24 heavy (non-hydrogen) atoms. The van der Waals surface area contributed by atoms with Gasteiger partial charge in [0.15, 0.2) is 0 Å². The second kappa shape index (κ2) is 6.71. The molecule has 0 atom stereocenters. The van der Waals surface area contributed by atoms with E-state index in [4.69, 9.17) is 5.26 Å². The van der Waals surface area contributed by atoms with Crippen LogP contribution in [0.3, 0.4) is 0 Å². The first kappa shape index (κ1) is 16.0. The molecule has 3 rings (SSSR count). The van der Waals surface area contributed by atoms with E-state index in [0.29, 0.717) is 11.3 Å². The van der Waals surface area contributed by atoms with E-state index in [0.717, 1.165) is 42.8 Å². The fourth-order valence-electron chi connectivity index (χ4n) is 2.86. The summed E-state index contributed by atoms with van der Waals surface area (Å²) in [5.74, 6) is 0.676. The molecule has 0 saturated heterocycles. The summed E-state index contributed by atoms with van der Waals surface area (Å²) in [7, 11) is 0. The third-order valence-corrected chi connectivity index (χ3v) is 4.22. The van der Waals surface area contributed by atoms with Crippen molar-refractivity contribution in [1.82, 2.24) is 14.0 Å². The van der Waals surface area contributed by atoms with Crippen LogP contribution in [0.15, 0.2) is 41.3 Å².